The van der Waals surface area contributed by atoms with E-state index in [2.05, 4.69) is 0 Å². The third kappa shape index (κ3) is 5.62. The topological polar surface area (TPSA) is 191 Å². The molecule has 2 fully saturated rings. The SMILES string of the molecule is C/C=C1/[C@@H]2OC=C(C(=O)OC)[C@@H]1CC(=O)OC[C@H](c1ccc(O)c(O)c1)OC[C@@H]1O[C@H](O2)[C@@H](O)[C@H](O)[C@H]1O. The Kier molecular flexibility index (Phi) is 8.55. The van der Waals surface area contributed by atoms with Crippen molar-refractivity contribution < 1.29 is 63.5 Å². The van der Waals surface area contributed by atoms with Crippen LogP contribution in [-0.4, -0.2) is 94.8 Å². The first-order valence-electron chi connectivity index (χ1n) is 11.9. The molecule has 4 rings (SSSR count). The van der Waals surface area contributed by atoms with E-state index in [0.717, 1.165) is 6.26 Å². The van der Waals surface area contributed by atoms with Crippen molar-refractivity contribution in [1.82, 2.24) is 0 Å². The molecule has 5 N–H and O–H groups in total. The Morgan fingerprint density at radius 1 is 1.05 bits per heavy atom. The Morgan fingerprint density at radius 2 is 1.82 bits per heavy atom. The van der Waals surface area contributed by atoms with E-state index in [1.54, 1.807) is 13.0 Å². The second-order valence-corrected chi connectivity index (χ2v) is 8.98. The summed E-state index contributed by atoms with van der Waals surface area (Å²) in [7, 11) is 1.18. The van der Waals surface area contributed by atoms with Gasteiger partial charge in [0.15, 0.2) is 17.8 Å². The molecule has 1 aromatic carbocycles. The summed E-state index contributed by atoms with van der Waals surface area (Å²) in [5.41, 5.74) is 0.694. The lowest BCUT2D eigenvalue weighted by Crippen LogP contribution is -2.60. The molecule has 13 nitrogen and oxygen atoms in total. The second kappa shape index (κ2) is 11.7. The highest BCUT2D eigenvalue weighted by Gasteiger charge is 2.47. The zero-order chi connectivity index (χ0) is 27.6. The van der Waals surface area contributed by atoms with E-state index >= 15 is 0 Å². The molecule has 0 saturated carbocycles. The molecule has 208 valence electrons. The third-order valence-electron chi connectivity index (χ3n) is 6.65. The van der Waals surface area contributed by atoms with Gasteiger partial charge in [-0.25, -0.2) is 4.79 Å². The minimum Gasteiger partial charge on any atom is -0.504 e. The van der Waals surface area contributed by atoms with E-state index in [-0.39, 0.29) is 31.0 Å². The minimum atomic E-state index is -1.67. The summed E-state index contributed by atoms with van der Waals surface area (Å²) in [6, 6.07) is 3.89. The summed E-state index contributed by atoms with van der Waals surface area (Å²) < 4.78 is 33.2. The summed E-state index contributed by atoms with van der Waals surface area (Å²) in [4.78, 5) is 25.3. The molecule has 0 spiro atoms. The lowest BCUT2D eigenvalue weighted by Gasteiger charge is -2.42. The second-order valence-electron chi connectivity index (χ2n) is 8.98. The van der Waals surface area contributed by atoms with Crippen molar-refractivity contribution in [2.75, 3.05) is 20.3 Å². The van der Waals surface area contributed by atoms with Gasteiger partial charge in [-0.2, -0.15) is 0 Å². The Morgan fingerprint density at radius 3 is 2.50 bits per heavy atom. The molecule has 2 saturated heterocycles. The fourth-order valence-electron chi connectivity index (χ4n) is 4.50. The number of aliphatic hydroxyl groups excluding tert-OH is 3. The Bertz CT molecular complexity index is 1100. The predicted molar refractivity (Wildman–Crippen MR) is 124 cm³/mol. The molecule has 0 unspecified atom stereocenters. The fourth-order valence-corrected chi connectivity index (χ4v) is 4.50. The van der Waals surface area contributed by atoms with Crippen molar-refractivity contribution in [3.05, 3.63) is 47.2 Å². The number of esters is 2. The summed E-state index contributed by atoms with van der Waals surface area (Å²) >= 11 is 0. The summed E-state index contributed by atoms with van der Waals surface area (Å²) in [6.07, 6.45) is -7.44. The molecule has 3 aliphatic rings. The first-order valence-corrected chi connectivity index (χ1v) is 11.9. The maximum Gasteiger partial charge on any atom is 0.337 e. The monoisotopic (exact) mass is 538 g/mol. The number of ether oxygens (including phenoxy) is 6. The van der Waals surface area contributed by atoms with Crippen LogP contribution in [0.4, 0.5) is 0 Å². The first kappa shape index (κ1) is 27.8. The number of hydrogen-bond donors (Lipinski definition) is 5. The minimum absolute atomic E-state index is 0.0270. The molecule has 13 heteroatoms. The van der Waals surface area contributed by atoms with Crippen LogP contribution in [0.25, 0.3) is 0 Å². The van der Waals surface area contributed by atoms with E-state index in [1.165, 1.54) is 25.3 Å². The molecule has 1 aromatic rings. The number of aromatic hydroxyl groups is 2. The van der Waals surface area contributed by atoms with Crippen LogP contribution in [0.3, 0.4) is 0 Å². The number of rotatable bonds is 2. The van der Waals surface area contributed by atoms with Gasteiger partial charge < -0.3 is 54.0 Å². The van der Waals surface area contributed by atoms with Gasteiger partial charge in [0, 0.05) is 11.5 Å². The Balaban J connectivity index is 1.70. The largest absolute Gasteiger partial charge is 0.504 e. The van der Waals surface area contributed by atoms with Gasteiger partial charge in [0.25, 0.3) is 0 Å². The third-order valence-corrected chi connectivity index (χ3v) is 6.65. The van der Waals surface area contributed by atoms with Crippen LogP contribution in [0.5, 0.6) is 11.5 Å². The highest BCUT2D eigenvalue weighted by molar-refractivity contribution is 5.90. The molecule has 3 heterocycles. The van der Waals surface area contributed by atoms with Crippen LogP contribution >= 0.6 is 0 Å². The molecular formula is C25H30O13. The zero-order valence-corrected chi connectivity index (χ0v) is 20.6. The summed E-state index contributed by atoms with van der Waals surface area (Å²) in [5, 5.41) is 51.1. The van der Waals surface area contributed by atoms with Gasteiger partial charge in [-0.3, -0.25) is 4.79 Å². The Labute approximate surface area is 217 Å². The number of phenolic OH excluding ortho intramolecular Hbond substituents is 2. The van der Waals surface area contributed by atoms with Crippen LogP contribution in [-0.2, 0) is 38.0 Å². The van der Waals surface area contributed by atoms with Gasteiger partial charge in [-0.1, -0.05) is 12.1 Å². The number of benzene rings is 1. The molecule has 3 aliphatic heterocycles. The van der Waals surface area contributed by atoms with Crippen molar-refractivity contribution >= 4 is 11.9 Å². The van der Waals surface area contributed by atoms with Crippen LogP contribution < -0.4 is 0 Å². The number of carbonyl (C=O) groups is 2. The summed E-state index contributed by atoms with van der Waals surface area (Å²) in [5.74, 6) is -3.13. The Hall–Kier alpha value is -3.20. The van der Waals surface area contributed by atoms with Crippen molar-refractivity contribution in [2.45, 2.75) is 56.4 Å². The number of fused-ring (bicyclic) bond motifs is 4. The highest BCUT2D eigenvalue weighted by atomic mass is 16.8. The smallest absolute Gasteiger partial charge is 0.337 e. The van der Waals surface area contributed by atoms with Crippen LogP contribution in [0.15, 0.2) is 41.7 Å². The number of hydrogen-bond acceptors (Lipinski definition) is 13. The number of carbonyl (C=O) groups excluding carboxylic acids is 2. The van der Waals surface area contributed by atoms with Crippen molar-refractivity contribution in [2.24, 2.45) is 5.92 Å². The van der Waals surface area contributed by atoms with Gasteiger partial charge in [0.1, 0.15) is 37.1 Å². The molecule has 38 heavy (non-hydrogen) atoms. The number of methoxy groups -OCH3 is 1. The van der Waals surface area contributed by atoms with Crippen LogP contribution in [0.1, 0.15) is 25.0 Å². The van der Waals surface area contributed by atoms with E-state index < -0.39 is 66.7 Å². The maximum atomic E-state index is 12.9. The van der Waals surface area contributed by atoms with Gasteiger partial charge in [0.2, 0.25) is 6.29 Å². The fraction of sp³-hybridized carbons (Fsp3) is 0.520. The van der Waals surface area contributed by atoms with Gasteiger partial charge in [0.05, 0.1) is 32.0 Å². The number of phenols is 2. The molecule has 4 bridgehead atoms. The summed E-state index contributed by atoms with van der Waals surface area (Å²) in [6.45, 7) is 0.954. The van der Waals surface area contributed by atoms with E-state index in [9.17, 15) is 35.1 Å². The van der Waals surface area contributed by atoms with Crippen LogP contribution in [0, 0.1) is 5.92 Å². The van der Waals surface area contributed by atoms with Crippen molar-refractivity contribution in [1.29, 1.82) is 0 Å². The number of cyclic esters (lactones) is 1. The lowest BCUT2D eigenvalue weighted by atomic mass is 9.86. The number of aliphatic hydroxyl groups is 3. The van der Waals surface area contributed by atoms with Gasteiger partial charge in [-0.05, 0) is 24.6 Å². The zero-order valence-electron chi connectivity index (χ0n) is 20.6. The van der Waals surface area contributed by atoms with E-state index in [0.29, 0.717) is 11.1 Å². The normalized spacial score (nSPS) is 35.3. The van der Waals surface area contributed by atoms with E-state index in [4.69, 9.17) is 28.4 Å². The quantitative estimate of drug-likeness (QED) is 0.191. The molecule has 0 aromatic heterocycles. The van der Waals surface area contributed by atoms with Gasteiger partial charge >= 0.3 is 11.9 Å². The number of allylic oxidation sites excluding steroid dienone is 1. The molecule has 0 radical (unpaired) electrons. The molecule has 8 atom stereocenters. The van der Waals surface area contributed by atoms with Crippen molar-refractivity contribution in [3.8, 4) is 11.5 Å². The average Bonchev–Trinajstić information content (AvgIpc) is 2.90. The highest BCUT2D eigenvalue weighted by Crippen LogP contribution is 2.37. The first-order chi connectivity index (χ1) is 18.1. The maximum absolute atomic E-state index is 12.9. The molecular weight excluding hydrogens is 508 g/mol. The van der Waals surface area contributed by atoms with Crippen LogP contribution in [0.2, 0.25) is 0 Å². The van der Waals surface area contributed by atoms with Gasteiger partial charge in [-0.15, -0.1) is 0 Å². The lowest BCUT2D eigenvalue weighted by molar-refractivity contribution is -0.330. The standard InChI is InChI=1S/C25H30O13/c1-3-12-13-7-19(28)35-9-17(11-4-5-15(26)16(27)6-11)34-10-18-20(29)21(30)22(31)25(37-18)38-24(12)36-8-14(13)23(32)33-2/h3-6,8,13,17-18,20-22,24-27,29-31H,7,9-10H2,1-2H3/b12-3+/t13-,17-,18+,20+,21-,22+,24-,25-/m1/s1. The predicted octanol–water partition coefficient (Wildman–Crippen LogP) is -0.0977. The molecule has 0 amide bonds. The average molecular weight is 539 g/mol. The molecule has 0 aliphatic carbocycles. The van der Waals surface area contributed by atoms with E-state index in [1.807, 2.05) is 0 Å². The van der Waals surface area contributed by atoms with Crippen molar-refractivity contribution in [3.63, 3.8) is 0 Å².